The van der Waals surface area contributed by atoms with Gasteiger partial charge in [-0.15, -0.1) is 0 Å². The fourth-order valence-electron chi connectivity index (χ4n) is 3.11. The van der Waals surface area contributed by atoms with Crippen molar-refractivity contribution in [1.82, 2.24) is 5.32 Å². The van der Waals surface area contributed by atoms with Crippen LogP contribution in [0.15, 0.2) is 24.3 Å². The van der Waals surface area contributed by atoms with Gasteiger partial charge in [-0.25, -0.2) is 9.59 Å². The number of carboxylic acids is 1. The molecule has 1 aromatic rings. The van der Waals surface area contributed by atoms with E-state index in [1.807, 2.05) is 13.8 Å². The number of carboxylic acid groups (broad SMARTS) is 1. The zero-order valence-corrected chi connectivity index (χ0v) is 20.0. The highest BCUT2D eigenvalue weighted by Gasteiger charge is 2.30. The molecule has 0 saturated heterocycles. The van der Waals surface area contributed by atoms with Crippen molar-refractivity contribution >= 4 is 18.0 Å². The molecule has 1 amide bonds. The molecule has 0 aliphatic carbocycles. The highest BCUT2D eigenvalue weighted by molar-refractivity contribution is 5.82. The Bertz CT molecular complexity index is 740. The Labute approximate surface area is 190 Å². The summed E-state index contributed by atoms with van der Waals surface area (Å²) in [5.41, 5.74) is 0.0386. The van der Waals surface area contributed by atoms with E-state index in [0.717, 1.165) is 24.8 Å². The van der Waals surface area contributed by atoms with Crippen LogP contribution in [0.3, 0.4) is 0 Å². The SMILES string of the molecule is CCCC[C@H](C)[C@H](CC(=O)O)OC(=O)C(Cc1ccc(OC)cc1)NC(=O)OC(C)(C)C. The van der Waals surface area contributed by atoms with Gasteiger partial charge in [0.1, 0.15) is 23.5 Å². The summed E-state index contributed by atoms with van der Waals surface area (Å²) in [6.07, 6.45) is 0.930. The summed E-state index contributed by atoms with van der Waals surface area (Å²) in [7, 11) is 1.56. The molecule has 0 aliphatic heterocycles. The quantitative estimate of drug-likeness (QED) is 0.455. The van der Waals surface area contributed by atoms with Crippen LogP contribution in [0.4, 0.5) is 4.79 Å². The lowest BCUT2D eigenvalue weighted by Crippen LogP contribution is -2.47. The van der Waals surface area contributed by atoms with Crippen LogP contribution < -0.4 is 10.1 Å². The fraction of sp³-hybridized carbons (Fsp3) is 0.625. The van der Waals surface area contributed by atoms with Crippen LogP contribution in [-0.4, -0.2) is 48.0 Å². The minimum absolute atomic E-state index is 0.127. The van der Waals surface area contributed by atoms with Crippen molar-refractivity contribution in [3.63, 3.8) is 0 Å². The monoisotopic (exact) mass is 451 g/mol. The van der Waals surface area contributed by atoms with Gasteiger partial charge in [0.05, 0.1) is 13.5 Å². The topological polar surface area (TPSA) is 111 Å². The number of unbranched alkanes of at least 4 members (excludes halogenated alkanes) is 1. The molecule has 0 radical (unpaired) electrons. The molecule has 1 rings (SSSR count). The summed E-state index contributed by atoms with van der Waals surface area (Å²) >= 11 is 0. The van der Waals surface area contributed by atoms with Crippen molar-refractivity contribution in [3.05, 3.63) is 29.8 Å². The first kappa shape index (κ1) is 27.3. The summed E-state index contributed by atoms with van der Waals surface area (Å²) < 4.78 is 16.1. The third-order valence-corrected chi connectivity index (χ3v) is 4.87. The van der Waals surface area contributed by atoms with Crippen LogP contribution in [0.5, 0.6) is 5.75 Å². The lowest BCUT2D eigenvalue weighted by Gasteiger charge is -2.27. The maximum Gasteiger partial charge on any atom is 0.408 e. The molecule has 0 spiro atoms. The van der Waals surface area contributed by atoms with Gasteiger partial charge < -0.3 is 24.6 Å². The first-order valence-corrected chi connectivity index (χ1v) is 11.0. The number of benzene rings is 1. The van der Waals surface area contributed by atoms with Crippen molar-refractivity contribution in [2.24, 2.45) is 5.92 Å². The predicted octanol–water partition coefficient (Wildman–Crippen LogP) is 4.34. The van der Waals surface area contributed by atoms with Gasteiger partial charge in [-0.1, -0.05) is 38.8 Å². The van der Waals surface area contributed by atoms with Crippen LogP contribution in [-0.2, 0) is 25.5 Å². The molecule has 3 atom stereocenters. The maximum absolute atomic E-state index is 13.0. The van der Waals surface area contributed by atoms with Gasteiger partial charge in [-0.3, -0.25) is 4.79 Å². The van der Waals surface area contributed by atoms with Crippen molar-refractivity contribution < 1.29 is 33.7 Å². The van der Waals surface area contributed by atoms with Crippen LogP contribution in [0.2, 0.25) is 0 Å². The zero-order valence-electron chi connectivity index (χ0n) is 20.0. The molecule has 0 aliphatic rings. The Morgan fingerprint density at radius 1 is 1.12 bits per heavy atom. The van der Waals surface area contributed by atoms with E-state index in [-0.39, 0.29) is 18.8 Å². The minimum Gasteiger partial charge on any atom is -0.497 e. The van der Waals surface area contributed by atoms with Gasteiger partial charge in [0, 0.05) is 6.42 Å². The van der Waals surface area contributed by atoms with Gasteiger partial charge in [0.25, 0.3) is 0 Å². The number of ether oxygens (including phenoxy) is 3. The molecule has 1 aromatic carbocycles. The number of carbonyl (C=O) groups excluding carboxylic acids is 2. The maximum atomic E-state index is 13.0. The van der Waals surface area contributed by atoms with Gasteiger partial charge in [0.2, 0.25) is 0 Å². The number of amides is 1. The number of hydrogen-bond donors (Lipinski definition) is 2. The second-order valence-electron chi connectivity index (χ2n) is 8.94. The Balaban J connectivity index is 3.03. The second-order valence-corrected chi connectivity index (χ2v) is 8.94. The molecule has 180 valence electrons. The molecule has 8 nitrogen and oxygen atoms in total. The second kappa shape index (κ2) is 12.9. The number of esters is 1. The van der Waals surface area contributed by atoms with Crippen LogP contribution in [0.25, 0.3) is 0 Å². The predicted molar refractivity (Wildman–Crippen MR) is 121 cm³/mol. The zero-order chi connectivity index (χ0) is 24.3. The molecule has 1 unspecified atom stereocenters. The van der Waals surface area contributed by atoms with E-state index in [4.69, 9.17) is 14.2 Å². The van der Waals surface area contributed by atoms with E-state index in [1.54, 1.807) is 52.1 Å². The summed E-state index contributed by atoms with van der Waals surface area (Å²) in [4.78, 5) is 36.7. The summed E-state index contributed by atoms with van der Waals surface area (Å²) in [5, 5.41) is 11.9. The largest absolute Gasteiger partial charge is 0.497 e. The van der Waals surface area contributed by atoms with Gasteiger partial charge in [0.15, 0.2) is 0 Å². The van der Waals surface area contributed by atoms with Gasteiger partial charge >= 0.3 is 18.0 Å². The lowest BCUT2D eigenvalue weighted by molar-refractivity contribution is -0.158. The molecule has 0 heterocycles. The van der Waals surface area contributed by atoms with E-state index in [9.17, 15) is 19.5 Å². The Hall–Kier alpha value is -2.77. The molecule has 8 heteroatoms. The molecular formula is C24H37NO7. The lowest BCUT2D eigenvalue weighted by atomic mass is 9.95. The van der Waals surface area contributed by atoms with E-state index < -0.39 is 35.8 Å². The summed E-state index contributed by atoms with van der Waals surface area (Å²) in [6, 6.07) is 6.05. The number of hydrogen-bond acceptors (Lipinski definition) is 6. The minimum atomic E-state index is -1.04. The molecule has 0 aromatic heterocycles. The van der Waals surface area contributed by atoms with Gasteiger partial charge in [-0.05, 0) is 50.8 Å². The van der Waals surface area contributed by atoms with E-state index in [1.165, 1.54) is 0 Å². The van der Waals surface area contributed by atoms with Crippen LogP contribution >= 0.6 is 0 Å². The van der Waals surface area contributed by atoms with E-state index in [2.05, 4.69) is 5.32 Å². The fourth-order valence-corrected chi connectivity index (χ4v) is 3.11. The van der Waals surface area contributed by atoms with Crippen molar-refractivity contribution in [2.45, 2.75) is 84.5 Å². The number of nitrogens with one attached hydrogen (secondary N) is 1. The molecular weight excluding hydrogens is 414 g/mol. The van der Waals surface area contributed by atoms with Crippen LogP contribution in [0.1, 0.15) is 65.9 Å². The number of alkyl carbamates (subject to hydrolysis) is 1. The standard InChI is InChI=1S/C24H37NO7/c1-7-8-9-16(2)20(15-21(26)27)31-22(28)19(25-23(29)32-24(3,4)5)14-17-10-12-18(30-6)13-11-17/h10-13,16,19-20H,7-9,14-15H2,1-6H3,(H,25,29)(H,26,27)/t16-,19?,20-/m0/s1. The normalized spacial score (nSPS) is 14.1. The average Bonchev–Trinajstić information content (AvgIpc) is 2.69. The smallest absolute Gasteiger partial charge is 0.408 e. The number of aliphatic carboxylic acids is 1. The Morgan fingerprint density at radius 3 is 2.25 bits per heavy atom. The van der Waals surface area contributed by atoms with E-state index in [0.29, 0.717) is 5.75 Å². The van der Waals surface area contributed by atoms with Crippen molar-refractivity contribution in [1.29, 1.82) is 0 Å². The third kappa shape index (κ3) is 10.5. The molecule has 0 saturated carbocycles. The Morgan fingerprint density at radius 2 is 1.75 bits per heavy atom. The summed E-state index contributed by atoms with van der Waals surface area (Å²) in [6.45, 7) is 9.09. The molecule has 32 heavy (non-hydrogen) atoms. The molecule has 2 N–H and O–H groups in total. The van der Waals surface area contributed by atoms with Crippen LogP contribution in [0, 0.1) is 5.92 Å². The third-order valence-electron chi connectivity index (χ3n) is 4.87. The Kier molecular flexibility index (Phi) is 11.0. The average molecular weight is 452 g/mol. The number of carbonyl (C=O) groups is 3. The molecule has 0 bridgehead atoms. The molecule has 0 fully saturated rings. The highest BCUT2D eigenvalue weighted by atomic mass is 16.6. The number of methoxy groups -OCH3 is 1. The van der Waals surface area contributed by atoms with Crippen molar-refractivity contribution in [3.8, 4) is 5.75 Å². The highest BCUT2D eigenvalue weighted by Crippen LogP contribution is 2.20. The first-order chi connectivity index (χ1) is 14.9. The van der Waals surface area contributed by atoms with Gasteiger partial charge in [-0.2, -0.15) is 0 Å². The number of rotatable bonds is 12. The van der Waals surface area contributed by atoms with E-state index >= 15 is 0 Å². The summed E-state index contributed by atoms with van der Waals surface area (Å²) in [5.74, 6) is -1.20. The van der Waals surface area contributed by atoms with Crippen molar-refractivity contribution in [2.75, 3.05) is 7.11 Å². The first-order valence-electron chi connectivity index (χ1n) is 11.0.